The predicted octanol–water partition coefficient (Wildman–Crippen LogP) is 0.974. The van der Waals surface area contributed by atoms with Crippen molar-refractivity contribution >= 4 is 5.91 Å². The summed E-state index contributed by atoms with van der Waals surface area (Å²) in [6.07, 6.45) is 5.60. The summed E-state index contributed by atoms with van der Waals surface area (Å²) in [5.74, 6) is 0.459. The molecule has 0 radical (unpaired) electrons. The average Bonchev–Trinajstić information content (AvgIpc) is 2.50. The molecular formula is C16H25N3O3. The second kappa shape index (κ2) is 6.94. The number of hydrogen-bond acceptors (Lipinski definition) is 3. The van der Waals surface area contributed by atoms with E-state index in [9.17, 15) is 14.4 Å². The van der Waals surface area contributed by atoms with Crippen LogP contribution in [-0.4, -0.2) is 32.5 Å². The van der Waals surface area contributed by atoms with Gasteiger partial charge in [0.05, 0.1) is 0 Å². The second-order valence-electron chi connectivity index (χ2n) is 6.19. The van der Waals surface area contributed by atoms with Crippen LogP contribution >= 0.6 is 0 Å². The molecule has 0 saturated carbocycles. The molecule has 6 nitrogen and oxygen atoms in total. The van der Waals surface area contributed by atoms with E-state index in [-0.39, 0.29) is 24.1 Å². The van der Waals surface area contributed by atoms with Gasteiger partial charge in [-0.05, 0) is 25.2 Å². The van der Waals surface area contributed by atoms with Crippen LogP contribution < -0.4 is 11.2 Å². The lowest BCUT2D eigenvalue weighted by Crippen LogP contribution is -2.50. The summed E-state index contributed by atoms with van der Waals surface area (Å²) in [4.78, 5) is 38.0. The SMILES string of the molecule is CCC[C@H]1[C@H](C)CCCN1C(=O)Cn1ccc(=O)n(C)c1=O. The normalized spacial score (nSPS) is 21.9. The van der Waals surface area contributed by atoms with E-state index < -0.39 is 5.69 Å². The summed E-state index contributed by atoms with van der Waals surface area (Å²) in [5, 5.41) is 0. The molecule has 1 fully saturated rings. The van der Waals surface area contributed by atoms with Gasteiger partial charge in [0.2, 0.25) is 5.91 Å². The molecule has 0 aliphatic carbocycles. The van der Waals surface area contributed by atoms with Crippen molar-refractivity contribution in [3.63, 3.8) is 0 Å². The van der Waals surface area contributed by atoms with Crippen molar-refractivity contribution in [2.45, 2.75) is 52.1 Å². The van der Waals surface area contributed by atoms with E-state index in [1.165, 1.54) is 23.9 Å². The highest BCUT2D eigenvalue weighted by molar-refractivity contribution is 5.76. The van der Waals surface area contributed by atoms with Gasteiger partial charge in [-0.25, -0.2) is 4.79 Å². The van der Waals surface area contributed by atoms with Crippen LogP contribution in [0.4, 0.5) is 0 Å². The molecule has 2 atom stereocenters. The molecule has 0 spiro atoms. The molecule has 22 heavy (non-hydrogen) atoms. The molecule has 2 rings (SSSR count). The third kappa shape index (κ3) is 3.31. The Morgan fingerprint density at radius 3 is 2.77 bits per heavy atom. The molecule has 0 aromatic carbocycles. The largest absolute Gasteiger partial charge is 0.338 e. The quantitative estimate of drug-likeness (QED) is 0.833. The fourth-order valence-electron chi connectivity index (χ4n) is 3.27. The van der Waals surface area contributed by atoms with E-state index in [2.05, 4.69) is 13.8 Å². The topological polar surface area (TPSA) is 64.3 Å². The molecule has 1 aromatic rings. The minimum atomic E-state index is -0.446. The number of nitrogens with zero attached hydrogens (tertiary/aromatic N) is 3. The lowest BCUT2D eigenvalue weighted by molar-refractivity contribution is -0.137. The third-order valence-corrected chi connectivity index (χ3v) is 4.59. The smallest absolute Gasteiger partial charge is 0.331 e. The van der Waals surface area contributed by atoms with Gasteiger partial charge in [0.25, 0.3) is 5.56 Å². The summed E-state index contributed by atoms with van der Waals surface area (Å²) in [5.41, 5.74) is -0.804. The Kier molecular flexibility index (Phi) is 5.21. The Bertz CT molecular complexity index is 647. The van der Waals surface area contributed by atoms with E-state index in [1.54, 1.807) is 0 Å². The first kappa shape index (κ1) is 16.5. The monoisotopic (exact) mass is 307 g/mol. The molecule has 1 saturated heterocycles. The molecule has 2 heterocycles. The average molecular weight is 307 g/mol. The first-order valence-electron chi connectivity index (χ1n) is 8.01. The maximum Gasteiger partial charge on any atom is 0.331 e. The van der Waals surface area contributed by atoms with Gasteiger partial charge < -0.3 is 4.90 Å². The van der Waals surface area contributed by atoms with Crippen LogP contribution in [0.2, 0.25) is 0 Å². The Morgan fingerprint density at radius 1 is 1.36 bits per heavy atom. The number of rotatable bonds is 4. The Hall–Kier alpha value is -1.85. The minimum absolute atomic E-state index is 0.000111. The highest BCUT2D eigenvalue weighted by Gasteiger charge is 2.31. The maximum atomic E-state index is 12.6. The van der Waals surface area contributed by atoms with Gasteiger partial charge >= 0.3 is 5.69 Å². The lowest BCUT2D eigenvalue weighted by Gasteiger charge is -2.40. The Balaban J connectivity index is 2.19. The van der Waals surface area contributed by atoms with Gasteiger partial charge in [0.15, 0.2) is 0 Å². The summed E-state index contributed by atoms with van der Waals surface area (Å²) < 4.78 is 2.33. The first-order valence-corrected chi connectivity index (χ1v) is 8.01. The van der Waals surface area contributed by atoms with E-state index in [0.717, 1.165) is 36.8 Å². The summed E-state index contributed by atoms with van der Waals surface area (Å²) in [6.45, 7) is 5.08. The highest BCUT2D eigenvalue weighted by atomic mass is 16.2. The summed E-state index contributed by atoms with van der Waals surface area (Å²) in [7, 11) is 1.43. The van der Waals surface area contributed by atoms with Gasteiger partial charge in [-0.1, -0.05) is 20.3 Å². The van der Waals surface area contributed by atoms with Crippen LogP contribution in [0.25, 0.3) is 0 Å². The predicted molar refractivity (Wildman–Crippen MR) is 84.8 cm³/mol. The fraction of sp³-hybridized carbons (Fsp3) is 0.688. The van der Waals surface area contributed by atoms with Crippen molar-refractivity contribution in [2.75, 3.05) is 6.54 Å². The molecule has 1 amide bonds. The number of hydrogen-bond donors (Lipinski definition) is 0. The zero-order chi connectivity index (χ0) is 16.3. The highest BCUT2D eigenvalue weighted by Crippen LogP contribution is 2.26. The van der Waals surface area contributed by atoms with Crippen molar-refractivity contribution in [3.8, 4) is 0 Å². The molecule has 0 bridgehead atoms. The molecule has 1 aromatic heterocycles. The molecule has 0 N–H and O–H groups in total. The van der Waals surface area contributed by atoms with E-state index in [4.69, 9.17) is 0 Å². The van der Waals surface area contributed by atoms with Crippen molar-refractivity contribution < 1.29 is 4.79 Å². The van der Waals surface area contributed by atoms with Gasteiger partial charge in [0, 0.05) is 31.9 Å². The minimum Gasteiger partial charge on any atom is -0.338 e. The van der Waals surface area contributed by atoms with Crippen molar-refractivity contribution in [3.05, 3.63) is 33.1 Å². The van der Waals surface area contributed by atoms with Crippen LogP contribution in [0.5, 0.6) is 0 Å². The van der Waals surface area contributed by atoms with E-state index in [0.29, 0.717) is 5.92 Å². The van der Waals surface area contributed by atoms with Crippen LogP contribution in [0.3, 0.4) is 0 Å². The molecule has 1 aliphatic rings. The second-order valence-corrected chi connectivity index (χ2v) is 6.19. The number of amides is 1. The van der Waals surface area contributed by atoms with Gasteiger partial charge in [-0.3, -0.25) is 18.7 Å². The zero-order valence-electron chi connectivity index (χ0n) is 13.6. The number of carbonyl (C=O) groups excluding carboxylic acids is 1. The van der Waals surface area contributed by atoms with Crippen LogP contribution in [0.15, 0.2) is 21.9 Å². The first-order chi connectivity index (χ1) is 10.5. The standard InChI is InChI=1S/C16H25N3O3/c1-4-6-13-12(2)7-5-9-19(13)15(21)11-18-10-8-14(20)17(3)16(18)22/h8,10,12-13H,4-7,9,11H2,1-3H3/t12-,13+/m1/s1. The number of carbonyl (C=O) groups is 1. The van der Waals surface area contributed by atoms with E-state index >= 15 is 0 Å². The van der Waals surface area contributed by atoms with Crippen LogP contribution in [-0.2, 0) is 18.4 Å². The molecular weight excluding hydrogens is 282 g/mol. The fourth-order valence-corrected chi connectivity index (χ4v) is 3.27. The van der Waals surface area contributed by atoms with Gasteiger partial charge in [-0.2, -0.15) is 0 Å². The van der Waals surface area contributed by atoms with Crippen LogP contribution in [0.1, 0.15) is 39.5 Å². The summed E-state index contributed by atoms with van der Waals surface area (Å²) in [6, 6.07) is 1.58. The number of aromatic nitrogens is 2. The van der Waals surface area contributed by atoms with Gasteiger partial charge in [0.1, 0.15) is 6.54 Å². The Labute approximate surface area is 130 Å². The lowest BCUT2D eigenvalue weighted by atomic mass is 9.88. The third-order valence-electron chi connectivity index (χ3n) is 4.59. The Morgan fingerprint density at radius 2 is 2.09 bits per heavy atom. The molecule has 1 aliphatic heterocycles. The van der Waals surface area contributed by atoms with Gasteiger partial charge in [-0.15, -0.1) is 0 Å². The van der Waals surface area contributed by atoms with E-state index in [1.807, 2.05) is 4.90 Å². The molecule has 122 valence electrons. The zero-order valence-corrected chi connectivity index (χ0v) is 13.6. The van der Waals surface area contributed by atoms with Crippen molar-refractivity contribution in [1.29, 1.82) is 0 Å². The molecule has 0 unspecified atom stereocenters. The summed E-state index contributed by atoms with van der Waals surface area (Å²) >= 11 is 0. The van der Waals surface area contributed by atoms with Crippen molar-refractivity contribution in [2.24, 2.45) is 13.0 Å². The number of likely N-dealkylation sites (tertiary alicyclic amines) is 1. The van der Waals surface area contributed by atoms with Crippen molar-refractivity contribution in [1.82, 2.24) is 14.0 Å². The maximum absolute atomic E-state index is 12.6. The van der Waals surface area contributed by atoms with Crippen LogP contribution in [0, 0.1) is 5.92 Å². The number of piperidine rings is 1. The molecule has 6 heteroatoms.